The highest BCUT2D eigenvalue weighted by Gasteiger charge is 2.24. The number of rotatable bonds is 4. The van der Waals surface area contributed by atoms with Crippen molar-refractivity contribution in [3.63, 3.8) is 0 Å². The van der Waals surface area contributed by atoms with E-state index in [0.717, 1.165) is 38.2 Å². The van der Waals surface area contributed by atoms with E-state index < -0.39 is 0 Å². The SMILES string of the molecule is C=CC[C@@H](c1cc(C#N)cc(Br)c1O)N1CCNCC1.Cl.Cl. The van der Waals surface area contributed by atoms with Gasteiger partial charge in [-0.1, -0.05) is 6.08 Å². The summed E-state index contributed by atoms with van der Waals surface area (Å²) < 4.78 is 0.566. The van der Waals surface area contributed by atoms with Gasteiger partial charge < -0.3 is 10.4 Å². The second kappa shape index (κ2) is 10.1. The highest BCUT2D eigenvalue weighted by Crippen LogP contribution is 2.37. The van der Waals surface area contributed by atoms with Crippen LogP contribution in [0.3, 0.4) is 0 Å². The van der Waals surface area contributed by atoms with Gasteiger partial charge >= 0.3 is 0 Å². The number of nitriles is 1. The molecule has 7 heteroatoms. The van der Waals surface area contributed by atoms with E-state index in [1.165, 1.54) is 0 Å². The average Bonchev–Trinajstić information content (AvgIpc) is 2.48. The van der Waals surface area contributed by atoms with Crippen molar-refractivity contribution < 1.29 is 5.11 Å². The smallest absolute Gasteiger partial charge is 0.134 e. The van der Waals surface area contributed by atoms with E-state index in [9.17, 15) is 5.11 Å². The van der Waals surface area contributed by atoms with E-state index in [-0.39, 0.29) is 36.6 Å². The summed E-state index contributed by atoms with van der Waals surface area (Å²) in [5, 5.41) is 22.7. The van der Waals surface area contributed by atoms with Gasteiger partial charge in [-0.05, 0) is 34.5 Å². The Morgan fingerprint density at radius 2 is 2.05 bits per heavy atom. The van der Waals surface area contributed by atoms with Crippen LogP contribution in [0.25, 0.3) is 0 Å². The first-order valence-electron chi connectivity index (χ1n) is 6.65. The first-order chi connectivity index (χ1) is 9.67. The molecule has 0 aliphatic carbocycles. The Morgan fingerprint density at radius 3 is 2.59 bits per heavy atom. The molecule has 1 aromatic carbocycles. The van der Waals surface area contributed by atoms with Crippen molar-refractivity contribution in [3.8, 4) is 11.8 Å². The standard InChI is InChI=1S/C15H18BrN3O.2ClH/c1-2-3-14(19-6-4-18-5-7-19)12-8-11(10-17)9-13(16)15(12)20;;/h2,8-9,14,18,20H,1,3-7H2;2*1H/t14-;;/m0../s1. The number of hydrogen-bond acceptors (Lipinski definition) is 4. The highest BCUT2D eigenvalue weighted by molar-refractivity contribution is 9.10. The number of nitrogens with zero attached hydrogens (tertiary/aromatic N) is 2. The number of benzene rings is 1. The van der Waals surface area contributed by atoms with Crippen LogP contribution < -0.4 is 5.32 Å². The molecule has 2 N–H and O–H groups in total. The van der Waals surface area contributed by atoms with Crippen molar-refractivity contribution in [3.05, 3.63) is 40.4 Å². The molecule has 1 aliphatic rings. The minimum atomic E-state index is 0. The lowest BCUT2D eigenvalue weighted by molar-refractivity contribution is 0.172. The van der Waals surface area contributed by atoms with Crippen LogP contribution in [0.4, 0.5) is 0 Å². The van der Waals surface area contributed by atoms with Crippen LogP contribution >= 0.6 is 40.7 Å². The van der Waals surface area contributed by atoms with Gasteiger partial charge in [-0.2, -0.15) is 5.26 Å². The van der Waals surface area contributed by atoms with Crippen LogP contribution in [0.2, 0.25) is 0 Å². The van der Waals surface area contributed by atoms with Gasteiger partial charge in [0.15, 0.2) is 0 Å². The molecule has 0 radical (unpaired) electrons. The largest absolute Gasteiger partial charge is 0.506 e. The third kappa shape index (κ3) is 4.87. The van der Waals surface area contributed by atoms with Gasteiger partial charge in [0.1, 0.15) is 5.75 Å². The van der Waals surface area contributed by atoms with Crippen molar-refractivity contribution in [2.45, 2.75) is 12.5 Å². The fourth-order valence-electron chi connectivity index (χ4n) is 2.56. The van der Waals surface area contributed by atoms with Crippen molar-refractivity contribution in [1.82, 2.24) is 10.2 Å². The van der Waals surface area contributed by atoms with Crippen molar-refractivity contribution >= 4 is 40.7 Å². The summed E-state index contributed by atoms with van der Waals surface area (Å²) in [6, 6.07) is 5.61. The number of aromatic hydroxyl groups is 1. The minimum absolute atomic E-state index is 0. The van der Waals surface area contributed by atoms with Crippen LogP contribution in [-0.4, -0.2) is 36.2 Å². The fraction of sp³-hybridized carbons (Fsp3) is 0.400. The molecule has 0 aromatic heterocycles. The maximum Gasteiger partial charge on any atom is 0.134 e. The molecule has 1 atom stereocenters. The lowest BCUT2D eigenvalue weighted by atomic mass is 9.98. The number of piperazine rings is 1. The van der Waals surface area contributed by atoms with Crippen molar-refractivity contribution in [2.24, 2.45) is 0 Å². The zero-order valence-corrected chi connectivity index (χ0v) is 15.3. The summed E-state index contributed by atoms with van der Waals surface area (Å²) in [4.78, 5) is 2.32. The lowest BCUT2D eigenvalue weighted by Crippen LogP contribution is -2.45. The Balaban J connectivity index is 0.00000220. The molecule has 1 aliphatic heterocycles. The third-order valence-corrected chi connectivity index (χ3v) is 4.17. The van der Waals surface area contributed by atoms with E-state index >= 15 is 0 Å². The number of phenols is 1. The summed E-state index contributed by atoms with van der Waals surface area (Å²) in [5.74, 6) is 0.217. The molecule has 0 unspecified atom stereocenters. The number of halogens is 3. The van der Waals surface area contributed by atoms with Crippen LogP contribution in [0.15, 0.2) is 29.3 Å². The van der Waals surface area contributed by atoms with Crippen LogP contribution in [0.1, 0.15) is 23.6 Å². The molecule has 1 saturated heterocycles. The first-order valence-corrected chi connectivity index (χ1v) is 7.45. The van der Waals surface area contributed by atoms with E-state index in [1.54, 1.807) is 12.1 Å². The topological polar surface area (TPSA) is 59.3 Å². The molecule has 1 fully saturated rings. The summed E-state index contributed by atoms with van der Waals surface area (Å²) in [5.41, 5.74) is 1.34. The second-order valence-corrected chi connectivity index (χ2v) is 5.69. The molecule has 0 spiro atoms. The van der Waals surface area contributed by atoms with Gasteiger partial charge in [0, 0.05) is 37.8 Å². The van der Waals surface area contributed by atoms with Crippen molar-refractivity contribution in [2.75, 3.05) is 26.2 Å². The van der Waals surface area contributed by atoms with Gasteiger partial charge in [0.2, 0.25) is 0 Å². The predicted octanol–water partition coefficient (Wildman–Crippen LogP) is 3.39. The predicted molar refractivity (Wildman–Crippen MR) is 97.0 cm³/mol. The van der Waals surface area contributed by atoms with E-state index in [1.807, 2.05) is 6.08 Å². The Kier molecular flexibility index (Phi) is 9.74. The number of hydrogen-bond donors (Lipinski definition) is 2. The monoisotopic (exact) mass is 407 g/mol. The van der Waals surface area contributed by atoms with Crippen molar-refractivity contribution in [1.29, 1.82) is 5.26 Å². The molecule has 4 nitrogen and oxygen atoms in total. The molecule has 122 valence electrons. The molecule has 0 bridgehead atoms. The Bertz CT molecular complexity index is 542. The Hall–Kier alpha value is -0.770. The van der Waals surface area contributed by atoms with Gasteiger partial charge in [-0.15, -0.1) is 31.4 Å². The van der Waals surface area contributed by atoms with E-state index in [0.29, 0.717) is 10.0 Å². The first kappa shape index (κ1) is 21.2. The van der Waals surface area contributed by atoms with Crippen LogP contribution in [0, 0.1) is 11.3 Å². The van der Waals surface area contributed by atoms with E-state index in [4.69, 9.17) is 5.26 Å². The normalized spacial score (nSPS) is 15.8. The summed E-state index contributed by atoms with van der Waals surface area (Å²) >= 11 is 3.32. The number of nitrogens with one attached hydrogen (secondary N) is 1. The molecular formula is C15H20BrCl2N3O. The van der Waals surface area contributed by atoms with Crippen LogP contribution in [-0.2, 0) is 0 Å². The Labute approximate surface area is 152 Å². The fourth-order valence-corrected chi connectivity index (χ4v) is 3.04. The molecular weight excluding hydrogens is 389 g/mol. The highest BCUT2D eigenvalue weighted by atomic mass is 79.9. The van der Waals surface area contributed by atoms with E-state index in [2.05, 4.69) is 38.8 Å². The molecule has 1 heterocycles. The number of phenolic OH excluding ortho intramolecular Hbond substituents is 1. The maximum absolute atomic E-state index is 10.3. The maximum atomic E-state index is 10.3. The molecule has 22 heavy (non-hydrogen) atoms. The van der Waals surface area contributed by atoms with Gasteiger partial charge in [0.05, 0.1) is 16.1 Å². The quantitative estimate of drug-likeness (QED) is 0.749. The van der Waals surface area contributed by atoms with Crippen LogP contribution in [0.5, 0.6) is 5.75 Å². The summed E-state index contributed by atoms with van der Waals surface area (Å²) in [6.45, 7) is 7.54. The summed E-state index contributed by atoms with van der Waals surface area (Å²) in [6.07, 6.45) is 2.61. The van der Waals surface area contributed by atoms with Gasteiger partial charge in [-0.25, -0.2) is 0 Å². The second-order valence-electron chi connectivity index (χ2n) is 4.83. The summed E-state index contributed by atoms with van der Waals surface area (Å²) in [7, 11) is 0. The third-order valence-electron chi connectivity index (χ3n) is 3.56. The molecule has 0 amide bonds. The molecule has 1 aromatic rings. The molecule has 2 rings (SSSR count). The zero-order valence-electron chi connectivity index (χ0n) is 12.1. The average molecular weight is 409 g/mol. The lowest BCUT2D eigenvalue weighted by Gasteiger charge is -2.35. The van der Waals surface area contributed by atoms with Gasteiger partial charge in [-0.3, -0.25) is 4.90 Å². The Morgan fingerprint density at radius 1 is 1.41 bits per heavy atom. The minimum Gasteiger partial charge on any atom is -0.506 e. The molecule has 0 saturated carbocycles. The van der Waals surface area contributed by atoms with Gasteiger partial charge in [0.25, 0.3) is 0 Å². The zero-order chi connectivity index (χ0) is 14.5.